The average Bonchev–Trinajstić information content (AvgIpc) is 2.84. The zero-order valence-corrected chi connectivity index (χ0v) is 21.8. The summed E-state index contributed by atoms with van der Waals surface area (Å²) in [5.74, 6) is 1.24. The van der Waals surface area contributed by atoms with Crippen LogP contribution in [0.4, 0.5) is 0 Å². The minimum absolute atomic E-state index is 0.0166. The highest BCUT2D eigenvalue weighted by Gasteiger charge is 2.08. The van der Waals surface area contributed by atoms with E-state index < -0.39 is 0 Å². The number of ketones is 1. The number of methoxy groups -OCH3 is 2. The predicted molar refractivity (Wildman–Crippen MR) is 142 cm³/mol. The summed E-state index contributed by atoms with van der Waals surface area (Å²) in [5, 5.41) is 0. The number of benzene rings is 1. The van der Waals surface area contributed by atoms with Crippen LogP contribution in [-0.4, -0.2) is 20.0 Å². The Bertz CT molecular complexity index is 635. The van der Waals surface area contributed by atoms with Crippen LogP contribution in [0.1, 0.15) is 133 Å². The topological polar surface area (TPSA) is 35.5 Å². The van der Waals surface area contributed by atoms with Gasteiger partial charge in [-0.1, -0.05) is 116 Å². The van der Waals surface area contributed by atoms with Crippen molar-refractivity contribution in [1.29, 1.82) is 0 Å². The number of ether oxygens (including phenoxy) is 2. The van der Waals surface area contributed by atoms with Crippen LogP contribution in [0.3, 0.4) is 0 Å². The highest BCUT2D eigenvalue weighted by Crippen LogP contribution is 2.27. The van der Waals surface area contributed by atoms with Gasteiger partial charge in [0.1, 0.15) is 0 Å². The molecule has 1 aromatic rings. The third-order valence-corrected chi connectivity index (χ3v) is 6.41. The Morgan fingerprint density at radius 1 is 0.667 bits per heavy atom. The molecular formula is C30H50O3. The van der Waals surface area contributed by atoms with E-state index in [2.05, 4.69) is 6.92 Å². The molecule has 0 N–H and O–H groups in total. The van der Waals surface area contributed by atoms with E-state index in [4.69, 9.17) is 9.47 Å². The number of hydrogen-bond acceptors (Lipinski definition) is 3. The van der Waals surface area contributed by atoms with Gasteiger partial charge in [-0.05, 0) is 37.1 Å². The van der Waals surface area contributed by atoms with E-state index in [1.165, 1.54) is 103 Å². The molecule has 0 saturated heterocycles. The summed E-state index contributed by atoms with van der Waals surface area (Å²) in [7, 11) is 3.18. The lowest BCUT2D eigenvalue weighted by Crippen LogP contribution is -1.97. The van der Waals surface area contributed by atoms with E-state index in [1.54, 1.807) is 38.5 Å². The lowest BCUT2D eigenvalue weighted by molar-refractivity contribution is 0.104. The van der Waals surface area contributed by atoms with Crippen molar-refractivity contribution in [3.63, 3.8) is 0 Å². The molecule has 0 aliphatic rings. The minimum atomic E-state index is 0.0166. The van der Waals surface area contributed by atoms with Gasteiger partial charge >= 0.3 is 0 Å². The fourth-order valence-electron chi connectivity index (χ4n) is 4.26. The highest BCUT2D eigenvalue weighted by atomic mass is 16.5. The average molecular weight is 459 g/mol. The molecule has 0 atom stereocenters. The second kappa shape index (κ2) is 20.8. The Balaban J connectivity index is 1.92. The highest BCUT2D eigenvalue weighted by molar-refractivity contribution is 6.04. The van der Waals surface area contributed by atoms with Crippen LogP contribution in [0.25, 0.3) is 0 Å². The molecule has 33 heavy (non-hydrogen) atoms. The van der Waals surface area contributed by atoms with Crippen molar-refractivity contribution in [1.82, 2.24) is 0 Å². The fourth-order valence-corrected chi connectivity index (χ4v) is 4.26. The van der Waals surface area contributed by atoms with Crippen molar-refractivity contribution in [3.05, 3.63) is 35.9 Å². The maximum Gasteiger partial charge on any atom is 0.185 e. The Morgan fingerprint density at radius 3 is 1.58 bits per heavy atom. The standard InChI is InChI=1S/C30H50O3/c1-4-5-6-7-8-9-10-11-12-13-14-15-16-17-18-19-20-21-22-23-28(31)27-24-25-29(32-2)30(26-27)33-3/h22-26H,4-21H2,1-3H3/b23-22+. The van der Waals surface area contributed by atoms with Gasteiger partial charge in [0.2, 0.25) is 0 Å². The molecule has 1 aromatic carbocycles. The Morgan fingerprint density at radius 2 is 1.12 bits per heavy atom. The van der Waals surface area contributed by atoms with E-state index in [0.717, 1.165) is 12.8 Å². The smallest absolute Gasteiger partial charge is 0.185 e. The van der Waals surface area contributed by atoms with Crippen LogP contribution < -0.4 is 9.47 Å². The third kappa shape index (κ3) is 14.9. The maximum absolute atomic E-state index is 12.3. The third-order valence-electron chi connectivity index (χ3n) is 6.41. The summed E-state index contributed by atoms with van der Waals surface area (Å²) in [4.78, 5) is 12.3. The van der Waals surface area contributed by atoms with Gasteiger partial charge in [-0.25, -0.2) is 0 Å². The SMILES string of the molecule is CCCCCCCCCCCCCCCCCCC/C=C/C(=O)c1ccc(OC)c(OC)c1. The van der Waals surface area contributed by atoms with Crippen molar-refractivity contribution >= 4 is 5.78 Å². The molecule has 0 bridgehead atoms. The van der Waals surface area contributed by atoms with Crippen LogP contribution in [0.2, 0.25) is 0 Å². The van der Waals surface area contributed by atoms with Gasteiger partial charge < -0.3 is 9.47 Å². The maximum atomic E-state index is 12.3. The van der Waals surface area contributed by atoms with E-state index in [-0.39, 0.29) is 5.78 Å². The second-order valence-corrected chi connectivity index (χ2v) is 9.28. The summed E-state index contributed by atoms with van der Waals surface area (Å²) in [5.41, 5.74) is 0.631. The molecule has 188 valence electrons. The van der Waals surface area contributed by atoms with E-state index in [0.29, 0.717) is 17.1 Å². The Hall–Kier alpha value is -1.77. The first-order valence-electron chi connectivity index (χ1n) is 13.7. The normalized spacial score (nSPS) is 11.2. The zero-order chi connectivity index (χ0) is 24.0. The van der Waals surface area contributed by atoms with E-state index >= 15 is 0 Å². The van der Waals surface area contributed by atoms with Crippen LogP contribution in [0, 0.1) is 0 Å². The summed E-state index contributed by atoms with van der Waals surface area (Å²) >= 11 is 0. The van der Waals surface area contributed by atoms with Gasteiger partial charge in [0.05, 0.1) is 14.2 Å². The second-order valence-electron chi connectivity index (χ2n) is 9.28. The molecule has 0 aromatic heterocycles. The van der Waals surface area contributed by atoms with Gasteiger partial charge in [-0.15, -0.1) is 0 Å². The molecular weight excluding hydrogens is 408 g/mol. The first-order valence-corrected chi connectivity index (χ1v) is 13.7. The molecule has 0 heterocycles. The number of rotatable bonds is 22. The van der Waals surface area contributed by atoms with Crippen molar-refractivity contribution in [3.8, 4) is 11.5 Å². The van der Waals surface area contributed by atoms with Crippen molar-refractivity contribution in [2.45, 2.75) is 122 Å². The van der Waals surface area contributed by atoms with Gasteiger partial charge in [0, 0.05) is 5.56 Å². The predicted octanol–water partition coefficient (Wildman–Crippen LogP) is 9.48. The number of allylic oxidation sites excluding steroid dienone is 2. The molecule has 0 aliphatic heterocycles. The zero-order valence-electron chi connectivity index (χ0n) is 21.8. The number of carbonyl (C=O) groups excluding carboxylic acids is 1. The van der Waals surface area contributed by atoms with Crippen LogP contribution in [0.5, 0.6) is 11.5 Å². The lowest BCUT2D eigenvalue weighted by Gasteiger charge is -2.07. The quantitative estimate of drug-likeness (QED) is 0.0985. The number of unbranched alkanes of at least 4 members (excludes halogenated alkanes) is 17. The van der Waals surface area contributed by atoms with Gasteiger partial charge in [-0.3, -0.25) is 4.79 Å². The molecule has 3 heteroatoms. The molecule has 0 fully saturated rings. The summed E-state index contributed by atoms with van der Waals surface area (Å²) in [6.45, 7) is 2.29. The van der Waals surface area contributed by atoms with Gasteiger partial charge in [0.15, 0.2) is 17.3 Å². The monoisotopic (exact) mass is 458 g/mol. The molecule has 0 amide bonds. The number of carbonyl (C=O) groups is 1. The number of hydrogen-bond donors (Lipinski definition) is 0. The van der Waals surface area contributed by atoms with Crippen molar-refractivity contribution in [2.75, 3.05) is 14.2 Å². The van der Waals surface area contributed by atoms with E-state index in [1.807, 2.05) is 6.08 Å². The molecule has 3 nitrogen and oxygen atoms in total. The summed E-state index contributed by atoms with van der Waals surface area (Å²) < 4.78 is 10.5. The molecule has 1 rings (SSSR count). The molecule has 0 saturated carbocycles. The van der Waals surface area contributed by atoms with Crippen molar-refractivity contribution < 1.29 is 14.3 Å². The van der Waals surface area contributed by atoms with Crippen LogP contribution in [0.15, 0.2) is 30.4 Å². The minimum Gasteiger partial charge on any atom is -0.493 e. The van der Waals surface area contributed by atoms with Gasteiger partial charge in [-0.2, -0.15) is 0 Å². The lowest BCUT2D eigenvalue weighted by atomic mass is 10.0. The largest absolute Gasteiger partial charge is 0.493 e. The van der Waals surface area contributed by atoms with E-state index in [9.17, 15) is 4.79 Å². The molecule has 0 radical (unpaired) electrons. The van der Waals surface area contributed by atoms with Gasteiger partial charge in [0.25, 0.3) is 0 Å². The summed E-state index contributed by atoms with van der Waals surface area (Å²) in [6, 6.07) is 5.29. The first kappa shape index (κ1) is 29.3. The first-order chi connectivity index (χ1) is 16.2. The van der Waals surface area contributed by atoms with Crippen LogP contribution in [-0.2, 0) is 0 Å². The molecule has 0 spiro atoms. The molecule has 0 aliphatic carbocycles. The Labute approximate surface area is 204 Å². The Kier molecular flexibility index (Phi) is 18.5. The molecule has 0 unspecified atom stereocenters. The van der Waals surface area contributed by atoms with Crippen LogP contribution >= 0.6 is 0 Å². The fraction of sp³-hybridized carbons (Fsp3) is 0.700. The van der Waals surface area contributed by atoms with Crippen molar-refractivity contribution in [2.24, 2.45) is 0 Å². The summed E-state index contributed by atoms with van der Waals surface area (Å²) in [6.07, 6.45) is 28.2.